The highest BCUT2D eigenvalue weighted by Crippen LogP contribution is 2.30. The first-order valence-corrected chi connectivity index (χ1v) is 7.18. The largest absolute Gasteiger partial charge is 0.349 e. The molecule has 0 saturated carbocycles. The molecule has 19 heavy (non-hydrogen) atoms. The molecular formula is C15H21N3O. The normalized spacial score (nSPS) is 28.3. The summed E-state index contributed by atoms with van der Waals surface area (Å²) in [6, 6.07) is 4.14. The second kappa shape index (κ2) is 5.29. The van der Waals surface area contributed by atoms with E-state index in [1.54, 1.807) is 0 Å². The average Bonchev–Trinajstić information content (AvgIpc) is 2.39. The SMILES string of the molecule is O=C1CCC[C@@]2(CCCN(Cc3ccncc3)C2)N1. The van der Waals surface area contributed by atoms with E-state index in [0.717, 1.165) is 38.9 Å². The van der Waals surface area contributed by atoms with Gasteiger partial charge >= 0.3 is 0 Å². The lowest BCUT2D eigenvalue weighted by Crippen LogP contribution is -2.60. The number of hydrogen-bond donors (Lipinski definition) is 1. The topological polar surface area (TPSA) is 45.2 Å². The number of piperidine rings is 2. The van der Waals surface area contributed by atoms with E-state index < -0.39 is 0 Å². The highest BCUT2D eigenvalue weighted by atomic mass is 16.1. The van der Waals surface area contributed by atoms with Crippen molar-refractivity contribution in [1.82, 2.24) is 15.2 Å². The fourth-order valence-electron chi connectivity index (χ4n) is 3.42. The van der Waals surface area contributed by atoms with Crippen molar-refractivity contribution in [2.75, 3.05) is 13.1 Å². The van der Waals surface area contributed by atoms with Crippen molar-refractivity contribution < 1.29 is 4.79 Å². The molecule has 0 aliphatic carbocycles. The van der Waals surface area contributed by atoms with Gasteiger partial charge < -0.3 is 5.32 Å². The Morgan fingerprint density at radius 3 is 2.84 bits per heavy atom. The zero-order chi connectivity index (χ0) is 13.1. The molecule has 0 aromatic carbocycles. The summed E-state index contributed by atoms with van der Waals surface area (Å²) < 4.78 is 0. The molecule has 0 radical (unpaired) electrons. The van der Waals surface area contributed by atoms with Crippen LogP contribution in [0.25, 0.3) is 0 Å². The van der Waals surface area contributed by atoms with Crippen LogP contribution in [0.3, 0.4) is 0 Å². The van der Waals surface area contributed by atoms with Crippen molar-refractivity contribution in [2.45, 2.75) is 44.2 Å². The van der Waals surface area contributed by atoms with E-state index in [1.807, 2.05) is 12.4 Å². The Balaban J connectivity index is 1.66. The van der Waals surface area contributed by atoms with Crippen molar-refractivity contribution in [3.8, 4) is 0 Å². The molecule has 0 bridgehead atoms. The number of rotatable bonds is 2. The summed E-state index contributed by atoms with van der Waals surface area (Å²) in [6.07, 6.45) is 8.86. The van der Waals surface area contributed by atoms with E-state index in [2.05, 4.69) is 27.3 Å². The maximum absolute atomic E-state index is 11.7. The van der Waals surface area contributed by atoms with Crippen LogP contribution >= 0.6 is 0 Å². The van der Waals surface area contributed by atoms with Crippen LogP contribution in [0.2, 0.25) is 0 Å². The number of amides is 1. The molecule has 4 heteroatoms. The van der Waals surface area contributed by atoms with Gasteiger partial charge in [0.1, 0.15) is 0 Å². The van der Waals surface area contributed by atoms with Crippen LogP contribution in [0.4, 0.5) is 0 Å². The molecule has 2 aliphatic heterocycles. The van der Waals surface area contributed by atoms with Gasteiger partial charge in [0, 0.05) is 31.9 Å². The predicted molar refractivity (Wildman–Crippen MR) is 73.5 cm³/mol. The molecule has 2 saturated heterocycles. The molecule has 2 aliphatic rings. The molecule has 1 spiro atoms. The minimum Gasteiger partial charge on any atom is -0.349 e. The summed E-state index contributed by atoms with van der Waals surface area (Å²) in [7, 11) is 0. The highest BCUT2D eigenvalue weighted by Gasteiger charge is 2.38. The van der Waals surface area contributed by atoms with Gasteiger partial charge in [0.25, 0.3) is 0 Å². The third kappa shape index (κ3) is 2.95. The number of nitrogens with one attached hydrogen (secondary N) is 1. The van der Waals surface area contributed by atoms with E-state index >= 15 is 0 Å². The number of nitrogens with zero attached hydrogens (tertiary/aromatic N) is 2. The Bertz CT molecular complexity index is 444. The summed E-state index contributed by atoms with van der Waals surface area (Å²) in [6.45, 7) is 3.07. The molecule has 1 atom stereocenters. The van der Waals surface area contributed by atoms with Crippen molar-refractivity contribution in [1.29, 1.82) is 0 Å². The summed E-state index contributed by atoms with van der Waals surface area (Å²) >= 11 is 0. The maximum Gasteiger partial charge on any atom is 0.220 e. The first-order chi connectivity index (χ1) is 9.26. The van der Waals surface area contributed by atoms with Crippen LogP contribution in [-0.4, -0.2) is 34.4 Å². The van der Waals surface area contributed by atoms with Gasteiger partial charge in [-0.25, -0.2) is 0 Å². The van der Waals surface area contributed by atoms with Crippen molar-refractivity contribution >= 4 is 5.91 Å². The van der Waals surface area contributed by atoms with Gasteiger partial charge in [-0.1, -0.05) is 0 Å². The minimum absolute atomic E-state index is 0.0423. The molecule has 1 amide bonds. The zero-order valence-corrected chi connectivity index (χ0v) is 11.3. The Morgan fingerprint density at radius 1 is 1.26 bits per heavy atom. The number of carbonyl (C=O) groups is 1. The number of pyridine rings is 1. The lowest BCUT2D eigenvalue weighted by atomic mass is 9.81. The summed E-state index contributed by atoms with van der Waals surface area (Å²) in [5, 5.41) is 3.25. The molecular weight excluding hydrogens is 238 g/mol. The predicted octanol–water partition coefficient (Wildman–Crippen LogP) is 1.72. The van der Waals surface area contributed by atoms with Crippen molar-refractivity contribution in [3.05, 3.63) is 30.1 Å². The van der Waals surface area contributed by atoms with Crippen LogP contribution in [0, 0.1) is 0 Å². The molecule has 1 N–H and O–H groups in total. The molecule has 4 nitrogen and oxygen atoms in total. The fourth-order valence-corrected chi connectivity index (χ4v) is 3.42. The maximum atomic E-state index is 11.7. The summed E-state index contributed by atoms with van der Waals surface area (Å²) in [5.74, 6) is 0.233. The summed E-state index contributed by atoms with van der Waals surface area (Å²) in [5.41, 5.74) is 1.34. The Morgan fingerprint density at radius 2 is 2.05 bits per heavy atom. The van der Waals surface area contributed by atoms with Crippen molar-refractivity contribution in [2.24, 2.45) is 0 Å². The van der Waals surface area contributed by atoms with Gasteiger partial charge in [0.05, 0.1) is 5.54 Å². The van der Waals surface area contributed by atoms with E-state index in [9.17, 15) is 4.79 Å². The minimum atomic E-state index is 0.0423. The molecule has 3 heterocycles. The monoisotopic (exact) mass is 259 g/mol. The Kier molecular flexibility index (Phi) is 3.51. The van der Waals surface area contributed by atoms with E-state index in [-0.39, 0.29) is 11.4 Å². The Hall–Kier alpha value is -1.42. The molecule has 1 aromatic heterocycles. The van der Waals surface area contributed by atoms with Crippen molar-refractivity contribution in [3.63, 3.8) is 0 Å². The standard InChI is InChI=1S/C15H21N3O/c19-14-3-1-6-15(17-14)7-2-10-18(12-15)11-13-4-8-16-9-5-13/h4-5,8-9H,1-3,6-7,10-12H2,(H,17,19)/t15-/m0/s1. The second-order valence-electron chi connectivity index (χ2n) is 5.85. The highest BCUT2D eigenvalue weighted by molar-refractivity contribution is 5.77. The van der Waals surface area contributed by atoms with Gasteiger partial charge in [-0.2, -0.15) is 0 Å². The number of hydrogen-bond acceptors (Lipinski definition) is 3. The van der Waals surface area contributed by atoms with E-state index in [0.29, 0.717) is 6.42 Å². The number of aromatic nitrogens is 1. The first kappa shape index (κ1) is 12.6. The van der Waals surface area contributed by atoms with Gasteiger partial charge in [-0.3, -0.25) is 14.7 Å². The quantitative estimate of drug-likeness (QED) is 0.879. The number of likely N-dealkylation sites (tertiary alicyclic amines) is 1. The van der Waals surface area contributed by atoms with E-state index in [4.69, 9.17) is 0 Å². The smallest absolute Gasteiger partial charge is 0.220 e. The van der Waals surface area contributed by atoms with Crippen LogP contribution in [0.5, 0.6) is 0 Å². The van der Waals surface area contributed by atoms with Gasteiger partial charge in [-0.05, 0) is 49.9 Å². The fraction of sp³-hybridized carbons (Fsp3) is 0.600. The number of carbonyl (C=O) groups excluding carboxylic acids is 1. The van der Waals surface area contributed by atoms with Gasteiger partial charge in [0.2, 0.25) is 5.91 Å². The molecule has 3 rings (SSSR count). The molecule has 2 fully saturated rings. The third-order valence-electron chi connectivity index (χ3n) is 4.28. The Labute approximate surface area is 114 Å². The average molecular weight is 259 g/mol. The van der Waals surface area contributed by atoms with Crippen LogP contribution in [0.15, 0.2) is 24.5 Å². The molecule has 0 unspecified atom stereocenters. The lowest BCUT2D eigenvalue weighted by molar-refractivity contribution is -0.126. The van der Waals surface area contributed by atoms with Crippen LogP contribution in [-0.2, 0) is 11.3 Å². The zero-order valence-electron chi connectivity index (χ0n) is 11.3. The molecule has 1 aromatic rings. The second-order valence-corrected chi connectivity index (χ2v) is 5.85. The van der Waals surface area contributed by atoms with Crippen LogP contribution < -0.4 is 5.32 Å². The lowest BCUT2D eigenvalue weighted by Gasteiger charge is -2.45. The van der Waals surface area contributed by atoms with Gasteiger partial charge in [-0.15, -0.1) is 0 Å². The summed E-state index contributed by atoms with van der Waals surface area (Å²) in [4.78, 5) is 18.2. The first-order valence-electron chi connectivity index (χ1n) is 7.18. The van der Waals surface area contributed by atoms with E-state index in [1.165, 1.54) is 12.0 Å². The van der Waals surface area contributed by atoms with Gasteiger partial charge in [0.15, 0.2) is 0 Å². The van der Waals surface area contributed by atoms with Crippen LogP contribution in [0.1, 0.15) is 37.7 Å². The molecule has 102 valence electrons. The third-order valence-corrected chi connectivity index (χ3v) is 4.28.